The maximum absolute atomic E-state index is 12.6. The number of likely N-dealkylation sites (tertiary alicyclic amines) is 1. The highest BCUT2D eigenvalue weighted by atomic mass is 16.2. The second-order valence-electron chi connectivity index (χ2n) is 4.96. The summed E-state index contributed by atoms with van der Waals surface area (Å²) in [6.45, 7) is 5.80. The van der Waals surface area contributed by atoms with Crippen molar-refractivity contribution in [2.24, 2.45) is 0 Å². The second kappa shape index (κ2) is 6.37. The van der Waals surface area contributed by atoms with E-state index in [0.717, 1.165) is 42.6 Å². The summed E-state index contributed by atoms with van der Waals surface area (Å²) >= 11 is 0. The van der Waals surface area contributed by atoms with E-state index in [2.05, 4.69) is 0 Å². The number of benzene rings is 1. The molecule has 0 spiro atoms. The maximum Gasteiger partial charge on any atom is 0.254 e. The SMILES string of the molecule is C/C=C(C)/C=C(\C(=O)N1CCCC1)c1ccccc1. The van der Waals surface area contributed by atoms with Gasteiger partial charge in [0.05, 0.1) is 0 Å². The lowest BCUT2D eigenvalue weighted by molar-refractivity contribution is -0.124. The van der Waals surface area contributed by atoms with E-state index in [1.165, 1.54) is 0 Å². The number of hydrogen-bond acceptors (Lipinski definition) is 1. The first-order valence-electron chi connectivity index (χ1n) is 6.91. The molecule has 0 aliphatic carbocycles. The van der Waals surface area contributed by atoms with Crippen LogP contribution in [-0.2, 0) is 4.79 Å². The molecule has 0 unspecified atom stereocenters. The zero-order valence-corrected chi connectivity index (χ0v) is 11.7. The maximum atomic E-state index is 12.6. The lowest BCUT2D eigenvalue weighted by atomic mass is 10.0. The first kappa shape index (κ1) is 13.6. The van der Waals surface area contributed by atoms with Crippen molar-refractivity contribution in [3.63, 3.8) is 0 Å². The van der Waals surface area contributed by atoms with Crippen LogP contribution in [-0.4, -0.2) is 23.9 Å². The number of amides is 1. The van der Waals surface area contributed by atoms with Gasteiger partial charge in [0.25, 0.3) is 5.91 Å². The molecule has 1 aromatic carbocycles. The quantitative estimate of drug-likeness (QED) is 0.596. The Kier molecular flexibility index (Phi) is 4.56. The third-order valence-corrected chi connectivity index (χ3v) is 3.54. The first-order chi connectivity index (χ1) is 9.22. The van der Waals surface area contributed by atoms with Crippen LogP contribution in [0.5, 0.6) is 0 Å². The van der Waals surface area contributed by atoms with Gasteiger partial charge in [-0.25, -0.2) is 0 Å². The number of allylic oxidation sites excluding steroid dienone is 3. The lowest BCUT2D eigenvalue weighted by Gasteiger charge is -2.18. The number of carbonyl (C=O) groups excluding carboxylic acids is 1. The molecule has 0 N–H and O–H groups in total. The minimum atomic E-state index is 0.157. The van der Waals surface area contributed by atoms with Crippen molar-refractivity contribution in [3.05, 3.63) is 53.6 Å². The normalized spacial score (nSPS) is 16.8. The van der Waals surface area contributed by atoms with Crippen molar-refractivity contribution in [3.8, 4) is 0 Å². The molecular weight excluding hydrogens is 234 g/mol. The number of rotatable bonds is 3. The zero-order valence-electron chi connectivity index (χ0n) is 11.7. The minimum Gasteiger partial charge on any atom is -0.339 e. The second-order valence-corrected chi connectivity index (χ2v) is 4.96. The molecule has 2 rings (SSSR count). The van der Waals surface area contributed by atoms with Crippen LogP contribution in [0.1, 0.15) is 32.3 Å². The van der Waals surface area contributed by atoms with E-state index in [1.54, 1.807) is 0 Å². The van der Waals surface area contributed by atoms with E-state index < -0.39 is 0 Å². The van der Waals surface area contributed by atoms with Crippen molar-refractivity contribution in [1.82, 2.24) is 4.90 Å². The van der Waals surface area contributed by atoms with Gasteiger partial charge >= 0.3 is 0 Å². The van der Waals surface area contributed by atoms with Crippen molar-refractivity contribution >= 4 is 11.5 Å². The number of hydrogen-bond donors (Lipinski definition) is 0. The Balaban J connectivity index is 2.34. The molecule has 2 nitrogen and oxygen atoms in total. The van der Waals surface area contributed by atoms with Crippen LogP contribution < -0.4 is 0 Å². The van der Waals surface area contributed by atoms with Crippen molar-refractivity contribution in [2.75, 3.05) is 13.1 Å². The topological polar surface area (TPSA) is 20.3 Å². The molecule has 1 aliphatic rings. The Morgan fingerprint density at radius 3 is 2.37 bits per heavy atom. The average molecular weight is 255 g/mol. The predicted octanol–water partition coefficient (Wildman–Crippen LogP) is 3.66. The molecule has 1 amide bonds. The highest BCUT2D eigenvalue weighted by molar-refractivity contribution is 6.20. The molecule has 19 heavy (non-hydrogen) atoms. The molecule has 0 bridgehead atoms. The third-order valence-electron chi connectivity index (χ3n) is 3.54. The number of nitrogens with zero attached hydrogens (tertiary/aromatic N) is 1. The Bertz CT molecular complexity index is 493. The fourth-order valence-corrected chi connectivity index (χ4v) is 2.29. The molecule has 1 saturated heterocycles. The lowest BCUT2D eigenvalue weighted by Crippen LogP contribution is -2.28. The van der Waals surface area contributed by atoms with Gasteiger partial charge in [-0.1, -0.05) is 42.0 Å². The molecule has 0 saturated carbocycles. The molecule has 1 aromatic rings. The summed E-state index contributed by atoms with van der Waals surface area (Å²) in [5.41, 5.74) is 2.92. The van der Waals surface area contributed by atoms with E-state index in [4.69, 9.17) is 0 Å². The molecule has 1 fully saturated rings. The summed E-state index contributed by atoms with van der Waals surface area (Å²) in [5.74, 6) is 0.157. The highest BCUT2D eigenvalue weighted by Gasteiger charge is 2.22. The Morgan fingerprint density at radius 1 is 1.16 bits per heavy atom. The van der Waals surface area contributed by atoms with Gasteiger partial charge in [0.1, 0.15) is 0 Å². The van der Waals surface area contributed by atoms with Crippen LogP contribution in [0.2, 0.25) is 0 Å². The van der Waals surface area contributed by atoms with E-state index in [9.17, 15) is 4.79 Å². The fourth-order valence-electron chi connectivity index (χ4n) is 2.29. The smallest absolute Gasteiger partial charge is 0.254 e. The summed E-state index contributed by atoms with van der Waals surface area (Å²) in [6, 6.07) is 9.94. The molecule has 2 heteroatoms. The van der Waals surface area contributed by atoms with Crippen LogP contribution in [0.25, 0.3) is 5.57 Å². The van der Waals surface area contributed by atoms with Gasteiger partial charge in [-0.3, -0.25) is 4.79 Å². The Labute approximate surface area is 115 Å². The van der Waals surface area contributed by atoms with E-state index >= 15 is 0 Å². The van der Waals surface area contributed by atoms with Gasteiger partial charge in [0.15, 0.2) is 0 Å². The molecule has 0 radical (unpaired) electrons. The zero-order chi connectivity index (χ0) is 13.7. The van der Waals surface area contributed by atoms with Gasteiger partial charge in [0.2, 0.25) is 0 Å². The third kappa shape index (κ3) is 3.34. The molecule has 0 aromatic heterocycles. The molecule has 0 atom stereocenters. The monoisotopic (exact) mass is 255 g/mol. The van der Waals surface area contributed by atoms with Gasteiger partial charge in [-0.2, -0.15) is 0 Å². The Morgan fingerprint density at radius 2 is 1.79 bits per heavy atom. The largest absolute Gasteiger partial charge is 0.339 e. The summed E-state index contributed by atoms with van der Waals surface area (Å²) in [6.07, 6.45) is 6.27. The standard InChI is InChI=1S/C17H21NO/c1-3-14(2)13-16(15-9-5-4-6-10-15)17(19)18-11-7-8-12-18/h3-6,9-10,13H,7-8,11-12H2,1-2H3/b14-3+,16-13-. The molecule has 1 aliphatic heterocycles. The fraction of sp³-hybridized carbons (Fsp3) is 0.353. The van der Waals surface area contributed by atoms with Gasteiger partial charge in [-0.05, 0) is 38.3 Å². The highest BCUT2D eigenvalue weighted by Crippen LogP contribution is 2.21. The minimum absolute atomic E-state index is 0.157. The van der Waals surface area contributed by atoms with Crippen LogP contribution in [0.3, 0.4) is 0 Å². The predicted molar refractivity (Wildman–Crippen MR) is 79.7 cm³/mol. The van der Waals surface area contributed by atoms with Crippen LogP contribution >= 0.6 is 0 Å². The van der Waals surface area contributed by atoms with Crippen molar-refractivity contribution in [1.29, 1.82) is 0 Å². The van der Waals surface area contributed by atoms with Crippen molar-refractivity contribution in [2.45, 2.75) is 26.7 Å². The first-order valence-corrected chi connectivity index (χ1v) is 6.91. The molecular formula is C17H21NO. The molecule has 1 heterocycles. The van der Waals surface area contributed by atoms with Gasteiger partial charge in [0, 0.05) is 18.7 Å². The van der Waals surface area contributed by atoms with Crippen LogP contribution in [0.4, 0.5) is 0 Å². The van der Waals surface area contributed by atoms with Crippen molar-refractivity contribution < 1.29 is 4.79 Å². The summed E-state index contributed by atoms with van der Waals surface area (Å²) in [4.78, 5) is 14.6. The van der Waals surface area contributed by atoms with Gasteiger partial charge in [-0.15, -0.1) is 0 Å². The van der Waals surface area contributed by atoms with E-state index in [1.807, 2.05) is 61.2 Å². The van der Waals surface area contributed by atoms with Gasteiger partial charge < -0.3 is 4.90 Å². The molecule has 100 valence electrons. The average Bonchev–Trinajstić information content (AvgIpc) is 2.99. The summed E-state index contributed by atoms with van der Waals surface area (Å²) in [7, 11) is 0. The summed E-state index contributed by atoms with van der Waals surface area (Å²) in [5, 5.41) is 0. The Hall–Kier alpha value is -1.83. The number of carbonyl (C=O) groups is 1. The van der Waals surface area contributed by atoms with E-state index in [0.29, 0.717) is 0 Å². The summed E-state index contributed by atoms with van der Waals surface area (Å²) < 4.78 is 0. The van der Waals surface area contributed by atoms with Crippen LogP contribution in [0.15, 0.2) is 48.1 Å². The van der Waals surface area contributed by atoms with E-state index in [-0.39, 0.29) is 5.91 Å². The van der Waals surface area contributed by atoms with Crippen LogP contribution in [0, 0.1) is 0 Å².